The van der Waals surface area contributed by atoms with Gasteiger partial charge in [0.25, 0.3) is 5.91 Å². The standard InChI is InChI=1S/C19H17FN2O3S2/c1-3-11-22-18-15(20)5-4-6-16(18)26-19(22)21-17(23)12-13-7-9-14(10-8-13)27(2,24)25/h3-10H,1,11-12H2,2H3. The maximum absolute atomic E-state index is 14.2. The summed E-state index contributed by atoms with van der Waals surface area (Å²) in [7, 11) is -3.28. The van der Waals surface area contributed by atoms with Crippen molar-refractivity contribution in [1.82, 2.24) is 4.57 Å². The van der Waals surface area contributed by atoms with Gasteiger partial charge in [-0.1, -0.05) is 35.6 Å². The highest BCUT2D eigenvalue weighted by atomic mass is 32.2. The number of hydrogen-bond donors (Lipinski definition) is 0. The van der Waals surface area contributed by atoms with Crippen LogP contribution in [0.1, 0.15) is 5.56 Å². The first-order chi connectivity index (χ1) is 12.8. The Kier molecular flexibility index (Phi) is 5.38. The van der Waals surface area contributed by atoms with E-state index in [1.807, 2.05) is 0 Å². The summed E-state index contributed by atoms with van der Waals surface area (Å²) >= 11 is 1.23. The van der Waals surface area contributed by atoms with E-state index in [0.717, 1.165) is 6.26 Å². The molecule has 0 saturated carbocycles. The van der Waals surface area contributed by atoms with Crippen molar-refractivity contribution in [3.8, 4) is 0 Å². The molecule has 140 valence electrons. The van der Waals surface area contributed by atoms with Gasteiger partial charge in [0.05, 0.1) is 21.5 Å². The van der Waals surface area contributed by atoms with E-state index < -0.39 is 15.7 Å². The lowest BCUT2D eigenvalue weighted by atomic mass is 10.1. The second-order valence-corrected chi connectivity index (χ2v) is 8.99. The number of nitrogens with zero attached hydrogens (tertiary/aromatic N) is 2. The van der Waals surface area contributed by atoms with Crippen LogP contribution in [0, 0.1) is 5.82 Å². The second kappa shape index (κ2) is 7.58. The van der Waals surface area contributed by atoms with E-state index in [2.05, 4.69) is 11.6 Å². The largest absolute Gasteiger partial charge is 0.310 e. The van der Waals surface area contributed by atoms with Gasteiger partial charge < -0.3 is 4.57 Å². The molecule has 0 N–H and O–H groups in total. The van der Waals surface area contributed by atoms with Crippen LogP contribution in [-0.2, 0) is 27.6 Å². The molecule has 1 amide bonds. The minimum absolute atomic E-state index is 0.0227. The van der Waals surface area contributed by atoms with Crippen molar-refractivity contribution in [2.45, 2.75) is 17.9 Å². The molecule has 0 radical (unpaired) electrons. The molecule has 1 heterocycles. The highest BCUT2D eigenvalue weighted by Gasteiger charge is 2.12. The molecule has 0 saturated heterocycles. The van der Waals surface area contributed by atoms with E-state index in [9.17, 15) is 17.6 Å². The Hall–Kier alpha value is -2.58. The quantitative estimate of drug-likeness (QED) is 0.614. The zero-order chi connectivity index (χ0) is 19.6. The fourth-order valence-corrected chi connectivity index (χ4v) is 4.35. The monoisotopic (exact) mass is 404 g/mol. The first kappa shape index (κ1) is 19.2. The van der Waals surface area contributed by atoms with Crippen LogP contribution in [0.4, 0.5) is 4.39 Å². The molecular formula is C19H17FN2O3S2. The smallest absolute Gasteiger partial charge is 0.252 e. The lowest BCUT2D eigenvalue weighted by Gasteiger charge is -2.02. The predicted octanol–water partition coefficient (Wildman–Crippen LogP) is 3.10. The Morgan fingerprint density at radius 1 is 1.26 bits per heavy atom. The Morgan fingerprint density at radius 2 is 1.96 bits per heavy atom. The summed E-state index contributed by atoms with van der Waals surface area (Å²) in [5.41, 5.74) is 1.05. The van der Waals surface area contributed by atoms with Crippen LogP contribution in [-0.4, -0.2) is 25.1 Å². The molecule has 0 fully saturated rings. The number of fused-ring (bicyclic) bond motifs is 1. The molecule has 1 aromatic heterocycles. The third-order valence-electron chi connectivity index (χ3n) is 3.89. The number of sulfone groups is 1. The molecular weight excluding hydrogens is 387 g/mol. The minimum Gasteiger partial charge on any atom is -0.310 e. The maximum Gasteiger partial charge on any atom is 0.252 e. The minimum atomic E-state index is -3.28. The molecule has 0 aliphatic rings. The number of carbonyl (C=O) groups is 1. The average molecular weight is 404 g/mol. The Balaban J connectivity index is 1.94. The maximum atomic E-state index is 14.2. The second-order valence-electron chi connectivity index (χ2n) is 5.97. The number of rotatable bonds is 5. The van der Waals surface area contributed by atoms with Crippen molar-refractivity contribution in [2.75, 3.05) is 6.26 Å². The number of thiazole rings is 1. The zero-order valence-corrected chi connectivity index (χ0v) is 16.2. The molecule has 0 spiro atoms. The summed E-state index contributed by atoms with van der Waals surface area (Å²) < 4.78 is 39.5. The van der Waals surface area contributed by atoms with Crippen LogP contribution < -0.4 is 4.80 Å². The van der Waals surface area contributed by atoms with Gasteiger partial charge in [-0.15, -0.1) is 6.58 Å². The van der Waals surface area contributed by atoms with Crippen molar-refractivity contribution in [1.29, 1.82) is 0 Å². The molecule has 0 atom stereocenters. The van der Waals surface area contributed by atoms with Crippen molar-refractivity contribution in [2.24, 2.45) is 4.99 Å². The molecule has 0 aliphatic carbocycles. The van der Waals surface area contributed by atoms with E-state index >= 15 is 0 Å². The predicted molar refractivity (Wildman–Crippen MR) is 104 cm³/mol. The highest BCUT2D eigenvalue weighted by molar-refractivity contribution is 7.90. The SMILES string of the molecule is C=CCn1c(=NC(=O)Cc2ccc(S(C)(=O)=O)cc2)sc2cccc(F)c21. The Labute approximate surface area is 160 Å². The molecule has 3 rings (SSSR count). The molecule has 5 nitrogen and oxygen atoms in total. The Bertz CT molecular complexity index is 1190. The van der Waals surface area contributed by atoms with Gasteiger partial charge >= 0.3 is 0 Å². The van der Waals surface area contributed by atoms with Gasteiger partial charge in [-0.3, -0.25) is 4.79 Å². The van der Waals surface area contributed by atoms with Gasteiger partial charge in [-0.25, -0.2) is 12.8 Å². The summed E-state index contributed by atoms with van der Waals surface area (Å²) in [6.45, 7) is 4.00. The summed E-state index contributed by atoms with van der Waals surface area (Å²) in [5, 5.41) is 0. The van der Waals surface area contributed by atoms with Crippen molar-refractivity contribution in [3.63, 3.8) is 0 Å². The molecule has 8 heteroatoms. The molecule has 27 heavy (non-hydrogen) atoms. The van der Waals surface area contributed by atoms with Crippen LogP contribution >= 0.6 is 11.3 Å². The number of halogens is 1. The lowest BCUT2D eigenvalue weighted by molar-refractivity contribution is -0.117. The first-order valence-corrected chi connectivity index (χ1v) is 10.8. The zero-order valence-electron chi connectivity index (χ0n) is 14.6. The van der Waals surface area contributed by atoms with Gasteiger partial charge in [0.15, 0.2) is 14.6 Å². The molecule has 0 unspecified atom stereocenters. The van der Waals surface area contributed by atoms with E-state index in [-0.39, 0.29) is 17.1 Å². The van der Waals surface area contributed by atoms with E-state index in [1.54, 1.807) is 34.9 Å². The topological polar surface area (TPSA) is 68.5 Å². The summed E-state index contributed by atoms with van der Waals surface area (Å²) in [6.07, 6.45) is 2.77. The number of allylic oxidation sites excluding steroid dienone is 1. The van der Waals surface area contributed by atoms with E-state index in [1.165, 1.54) is 29.5 Å². The average Bonchev–Trinajstić information content (AvgIpc) is 2.93. The third kappa shape index (κ3) is 4.23. The van der Waals surface area contributed by atoms with Crippen molar-refractivity contribution < 1.29 is 17.6 Å². The molecule has 0 bridgehead atoms. The van der Waals surface area contributed by atoms with Gasteiger partial charge in [0.1, 0.15) is 5.82 Å². The van der Waals surface area contributed by atoms with Gasteiger partial charge in [0, 0.05) is 12.8 Å². The fraction of sp³-hybridized carbons (Fsp3) is 0.158. The lowest BCUT2D eigenvalue weighted by Crippen LogP contribution is -2.17. The van der Waals surface area contributed by atoms with Crippen LogP contribution in [0.5, 0.6) is 0 Å². The first-order valence-electron chi connectivity index (χ1n) is 8.05. The van der Waals surface area contributed by atoms with Crippen molar-refractivity contribution >= 4 is 37.3 Å². The van der Waals surface area contributed by atoms with Crippen LogP contribution in [0.3, 0.4) is 0 Å². The number of hydrogen-bond acceptors (Lipinski definition) is 4. The van der Waals surface area contributed by atoms with Gasteiger partial charge in [0.2, 0.25) is 0 Å². The van der Waals surface area contributed by atoms with E-state index in [4.69, 9.17) is 0 Å². The molecule has 3 aromatic rings. The number of aromatic nitrogens is 1. The number of amides is 1. The normalized spacial score (nSPS) is 12.4. The third-order valence-corrected chi connectivity index (χ3v) is 6.06. The number of para-hydroxylation sites is 1. The summed E-state index contributed by atoms with van der Waals surface area (Å²) in [5.74, 6) is -0.775. The van der Waals surface area contributed by atoms with Gasteiger partial charge in [-0.05, 0) is 29.8 Å². The highest BCUT2D eigenvalue weighted by Crippen LogP contribution is 2.20. The van der Waals surface area contributed by atoms with Crippen LogP contribution in [0.25, 0.3) is 10.2 Å². The summed E-state index contributed by atoms with van der Waals surface area (Å²) in [4.78, 5) is 17.1. The van der Waals surface area contributed by atoms with Gasteiger partial charge in [-0.2, -0.15) is 4.99 Å². The van der Waals surface area contributed by atoms with E-state index in [0.29, 0.717) is 27.1 Å². The van der Waals surface area contributed by atoms with Crippen molar-refractivity contribution in [3.05, 3.63) is 71.3 Å². The summed E-state index contributed by atoms with van der Waals surface area (Å²) in [6, 6.07) is 10.9. The van der Waals surface area contributed by atoms with Crippen LogP contribution in [0.2, 0.25) is 0 Å². The number of carbonyl (C=O) groups excluding carboxylic acids is 1. The Morgan fingerprint density at radius 3 is 2.59 bits per heavy atom. The fourth-order valence-electron chi connectivity index (χ4n) is 2.65. The van der Waals surface area contributed by atoms with Crippen LogP contribution in [0.15, 0.2) is 65.0 Å². The number of benzene rings is 2. The molecule has 2 aromatic carbocycles. The molecule has 0 aliphatic heterocycles.